The van der Waals surface area contributed by atoms with Crippen LogP contribution < -0.4 is 10.1 Å². The van der Waals surface area contributed by atoms with E-state index in [4.69, 9.17) is 16.3 Å². The Balaban J connectivity index is 2.05. The van der Waals surface area contributed by atoms with Crippen LogP contribution in [0.4, 0.5) is 0 Å². The molecule has 0 aliphatic carbocycles. The number of aromatic nitrogens is 1. The largest absolute Gasteiger partial charge is 0.496 e. The van der Waals surface area contributed by atoms with E-state index >= 15 is 0 Å². The quantitative estimate of drug-likeness (QED) is 0.870. The fraction of sp³-hybridized carbons (Fsp3) is 0.412. The van der Waals surface area contributed by atoms with Crippen molar-refractivity contribution >= 4 is 11.6 Å². The van der Waals surface area contributed by atoms with Crippen molar-refractivity contribution < 1.29 is 4.74 Å². The monoisotopic (exact) mass is 306 g/mol. The topological polar surface area (TPSA) is 26.2 Å². The van der Waals surface area contributed by atoms with E-state index in [9.17, 15) is 0 Å². The maximum Gasteiger partial charge on any atom is 0.124 e. The number of methoxy groups -OCH3 is 1. The van der Waals surface area contributed by atoms with Crippen molar-refractivity contribution in [2.45, 2.75) is 40.4 Å². The number of halogens is 1. The summed E-state index contributed by atoms with van der Waals surface area (Å²) in [5.41, 5.74) is 4.97. The minimum absolute atomic E-state index is 0.693. The molecule has 0 saturated carbocycles. The summed E-state index contributed by atoms with van der Waals surface area (Å²) in [6, 6.07) is 7.98. The smallest absolute Gasteiger partial charge is 0.124 e. The van der Waals surface area contributed by atoms with Crippen LogP contribution in [0.25, 0.3) is 0 Å². The van der Waals surface area contributed by atoms with Gasteiger partial charge in [-0.05, 0) is 44.5 Å². The van der Waals surface area contributed by atoms with Crippen molar-refractivity contribution in [3.8, 4) is 5.75 Å². The number of benzene rings is 1. The zero-order chi connectivity index (χ0) is 15.4. The zero-order valence-electron chi connectivity index (χ0n) is 13.2. The molecule has 1 aromatic heterocycles. The molecule has 0 aliphatic rings. The molecular formula is C17H23ClN2O. The molecule has 0 unspecified atom stereocenters. The van der Waals surface area contributed by atoms with E-state index in [1.54, 1.807) is 7.11 Å². The lowest BCUT2D eigenvalue weighted by molar-refractivity contribution is 0.407. The van der Waals surface area contributed by atoms with Crippen LogP contribution >= 0.6 is 11.6 Å². The molecular weight excluding hydrogens is 284 g/mol. The summed E-state index contributed by atoms with van der Waals surface area (Å²) in [5.74, 6) is 0.828. The molecule has 1 aromatic carbocycles. The maximum absolute atomic E-state index is 6.25. The van der Waals surface area contributed by atoms with Crippen LogP contribution in [0.5, 0.6) is 5.75 Å². The van der Waals surface area contributed by atoms with Gasteiger partial charge in [-0.1, -0.05) is 17.7 Å². The first kappa shape index (κ1) is 15.9. The molecule has 2 rings (SSSR count). The van der Waals surface area contributed by atoms with Crippen molar-refractivity contribution in [3.05, 3.63) is 51.8 Å². The lowest BCUT2D eigenvalue weighted by Gasteiger charge is -2.11. The number of ether oxygens (including phenoxy) is 1. The third-order valence-electron chi connectivity index (χ3n) is 3.91. The Hall–Kier alpha value is -1.45. The Morgan fingerprint density at radius 3 is 2.62 bits per heavy atom. The molecule has 1 heterocycles. The van der Waals surface area contributed by atoms with E-state index in [0.717, 1.165) is 29.4 Å². The van der Waals surface area contributed by atoms with Gasteiger partial charge in [-0.15, -0.1) is 0 Å². The SMILES string of the molecule is CCn1c(C)cc(CNCc2c(Cl)cccc2OC)c1C. The summed E-state index contributed by atoms with van der Waals surface area (Å²) in [6.07, 6.45) is 0. The van der Waals surface area contributed by atoms with E-state index in [1.165, 1.54) is 17.0 Å². The lowest BCUT2D eigenvalue weighted by Crippen LogP contribution is -2.14. The first-order valence-corrected chi connectivity index (χ1v) is 7.64. The molecule has 2 aromatic rings. The van der Waals surface area contributed by atoms with Gasteiger partial charge in [0.2, 0.25) is 0 Å². The molecule has 0 amide bonds. The van der Waals surface area contributed by atoms with Crippen molar-refractivity contribution in [3.63, 3.8) is 0 Å². The molecule has 0 saturated heterocycles. The second-order valence-corrected chi connectivity index (χ2v) is 5.57. The van der Waals surface area contributed by atoms with Gasteiger partial charge in [0.1, 0.15) is 5.75 Å². The van der Waals surface area contributed by atoms with Crippen molar-refractivity contribution in [2.24, 2.45) is 0 Å². The van der Waals surface area contributed by atoms with Crippen molar-refractivity contribution in [1.29, 1.82) is 0 Å². The Morgan fingerprint density at radius 1 is 1.24 bits per heavy atom. The van der Waals surface area contributed by atoms with Gasteiger partial charge in [-0.3, -0.25) is 0 Å². The van der Waals surface area contributed by atoms with Gasteiger partial charge >= 0.3 is 0 Å². The van der Waals surface area contributed by atoms with E-state index in [0.29, 0.717) is 6.54 Å². The van der Waals surface area contributed by atoms with Gasteiger partial charge in [0.15, 0.2) is 0 Å². The lowest BCUT2D eigenvalue weighted by atomic mass is 10.2. The standard InChI is InChI=1S/C17H23ClN2O/c1-5-20-12(2)9-14(13(20)3)10-19-11-15-16(18)7-6-8-17(15)21-4/h6-9,19H,5,10-11H2,1-4H3. The highest BCUT2D eigenvalue weighted by Gasteiger charge is 2.10. The average Bonchev–Trinajstić information content (AvgIpc) is 2.74. The van der Waals surface area contributed by atoms with Crippen LogP contribution in [0.3, 0.4) is 0 Å². The zero-order valence-corrected chi connectivity index (χ0v) is 13.9. The van der Waals surface area contributed by atoms with E-state index in [-0.39, 0.29) is 0 Å². The minimum Gasteiger partial charge on any atom is -0.496 e. The summed E-state index contributed by atoms with van der Waals surface area (Å²) in [7, 11) is 1.67. The number of nitrogens with zero attached hydrogens (tertiary/aromatic N) is 1. The Bertz CT molecular complexity index is 619. The number of hydrogen-bond acceptors (Lipinski definition) is 2. The van der Waals surface area contributed by atoms with Crippen LogP contribution in [0.2, 0.25) is 5.02 Å². The van der Waals surface area contributed by atoms with Gasteiger partial charge in [-0.25, -0.2) is 0 Å². The fourth-order valence-electron chi connectivity index (χ4n) is 2.76. The number of hydrogen-bond donors (Lipinski definition) is 1. The van der Waals surface area contributed by atoms with Gasteiger partial charge < -0.3 is 14.6 Å². The summed E-state index contributed by atoms with van der Waals surface area (Å²) in [4.78, 5) is 0. The van der Waals surface area contributed by atoms with Gasteiger partial charge in [0, 0.05) is 41.6 Å². The molecule has 0 bridgehead atoms. The predicted molar refractivity (Wildman–Crippen MR) is 88.1 cm³/mol. The summed E-state index contributed by atoms with van der Waals surface area (Å²) < 4.78 is 7.69. The summed E-state index contributed by atoms with van der Waals surface area (Å²) >= 11 is 6.25. The van der Waals surface area contributed by atoms with Crippen molar-refractivity contribution in [2.75, 3.05) is 7.11 Å². The summed E-state index contributed by atoms with van der Waals surface area (Å²) in [5, 5.41) is 4.20. The highest BCUT2D eigenvalue weighted by molar-refractivity contribution is 6.31. The third-order valence-corrected chi connectivity index (χ3v) is 4.26. The van der Waals surface area contributed by atoms with E-state index < -0.39 is 0 Å². The van der Waals surface area contributed by atoms with Crippen LogP contribution in [0.15, 0.2) is 24.3 Å². The predicted octanol–water partition coefficient (Wildman–Crippen LogP) is 4.08. The highest BCUT2D eigenvalue weighted by Crippen LogP contribution is 2.26. The molecule has 1 N–H and O–H groups in total. The Labute approximate surface area is 131 Å². The van der Waals surface area contributed by atoms with Gasteiger partial charge in [0.25, 0.3) is 0 Å². The second kappa shape index (κ2) is 7.01. The van der Waals surface area contributed by atoms with Crippen LogP contribution in [0.1, 0.15) is 29.4 Å². The van der Waals surface area contributed by atoms with E-state index in [2.05, 4.69) is 36.7 Å². The normalized spacial score (nSPS) is 10.9. The number of nitrogens with one attached hydrogen (secondary N) is 1. The average molecular weight is 307 g/mol. The first-order chi connectivity index (χ1) is 10.1. The van der Waals surface area contributed by atoms with Crippen LogP contribution in [-0.2, 0) is 19.6 Å². The molecule has 0 fully saturated rings. The molecule has 0 radical (unpaired) electrons. The van der Waals surface area contributed by atoms with E-state index in [1.807, 2.05) is 18.2 Å². The third kappa shape index (κ3) is 3.42. The molecule has 0 aliphatic heterocycles. The molecule has 114 valence electrons. The molecule has 0 spiro atoms. The Kier molecular flexibility index (Phi) is 5.32. The van der Waals surface area contributed by atoms with Gasteiger partial charge in [-0.2, -0.15) is 0 Å². The molecule has 0 atom stereocenters. The fourth-order valence-corrected chi connectivity index (χ4v) is 2.99. The van der Waals surface area contributed by atoms with Crippen LogP contribution in [-0.4, -0.2) is 11.7 Å². The Morgan fingerprint density at radius 2 is 2.00 bits per heavy atom. The molecule has 3 nitrogen and oxygen atoms in total. The van der Waals surface area contributed by atoms with Crippen molar-refractivity contribution in [1.82, 2.24) is 9.88 Å². The molecule has 4 heteroatoms. The minimum atomic E-state index is 0.693. The van der Waals surface area contributed by atoms with Crippen LogP contribution in [0, 0.1) is 13.8 Å². The maximum atomic E-state index is 6.25. The first-order valence-electron chi connectivity index (χ1n) is 7.26. The summed E-state index contributed by atoms with van der Waals surface area (Å²) in [6.45, 7) is 9.02. The molecule has 21 heavy (non-hydrogen) atoms. The second-order valence-electron chi connectivity index (χ2n) is 5.16. The highest BCUT2D eigenvalue weighted by atomic mass is 35.5. The number of aryl methyl sites for hydroxylation is 1. The van der Waals surface area contributed by atoms with Gasteiger partial charge in [0.05, 0.1) is 7.11 Å². The number of rotatable bonds is 6.